The Balaban J connectivity index is 1.63. The van der Waals surface area contributed by atoms with Gasteiger partial charge in [0.15, 0.2) is 0 Å². The molecule has 0 amide bonds. The SMILES string of the molecule is Cc1cccn2c(=O)cc(/C(Cl)=C/c3ccc(N4CCOCC4)cc3)nc12. The van der Waals surface area contributed by atoms with Gasteiger partial charge >= 0.3 is 0 Å². The summed E-state index contributed by atoms with van der Waals surface area (Å²) in [7, 11) is 0. The number of nitrogens with zero attached hydrogens (tertiary/aromatic N) is 3. The molecule has 0 radical (unpaired) electrons. The van der Waals surface area contributed by atoms with Crippen LogP contribution in [0, 0.1) is 6.92 Å². The first-order valence-corrected chi connectivity index (χ1v) is 9.29. The zero-order valence-electron chi connectivity index (χ0n) is 15.1. The van der Waals surface area contributed by atoms with Crippen molar-refractivity contribution in [3.05, 3.63) is 75.8 Å². The van der Waals surface area contributed by atoms with Gasteiger partial charge in [0.1, 0.15) is 5.65 Å². The third-order valence-corrected chi connectivity index (χ3v) is 5.00. The van der Waals surface area contributed by atoms with Gasteiger partial charge in [-0.3, -0.25) is 9.20 Å². The number of morpholine rings is 1. The Morgan fingerprint density at radius 2 is 1.93 bits per heavy atom. The van der Waals surface area contributed by atoms with Gasteiger partial charge in [-0.2, -0.15) is 0 Å². The van der Waals surface area contributed by atoms with Crippen LogP contribution in [-0.2, 0) is 4.74 Å². The molecule has 0 aliphatic carbocycles. The molecule has 1 aliphatic rings. The number of aryl methyl sites for hydroxylation is 1. The third-order valence-electron chi connectivity index (χ3n) is 4.69. The van der Waals surface area contributed by atoms with Crippen LogP contribution < -0.4 is 10.5 Å². The second kappa shape index (κ2) is 7.55. The van der Waals surface area contributed by atoms with E-state index in [0.29, 0.717) is 16.4 Å². The van der Waals surface area contributed by atoms with E-state index in [1.807, 2.05) is 37.3 Å². The number of pyridine rings is 1. The van der Waals surface area contributed by atoms with Crippen molar-refractivity contribution >= 4 is 34.0 Å². The van der Waals surface area contributed by atoms with Gasteiger partial charge < -0.3 is 9.64 Å². The minimum atomic E-state index is -0.145. The lowest BCUT2D eigenvalue weighted by Gasteiger charge is -2.28. The monoisotopic (exact) mass is 381 g/mol. The van der Waals surface area contributed by atoms with Crippen molar-refractivity contribution in [2.75, 3.05) is 31.2 Å². The molecule has 1 aromatic carbocycles. The second-order valence-corrected chi connectivity index (χ2v) is 6.95. The van der Waals surface area contributed by atoms with Gasteiger partial charge in [-0.1, -0.05) is 29.8 Å². The first-order chi connectivity index (χ1) is 13.1. The molecular formula is C21H20ClN3O2. The molecule has 1 saturated heterocycles. The van der Waals surface area contributed by atoms with Crippen LogP contribution in [0.25, 0.3) is 16.8 Å². The van der Waals surface area contributed by atoms with Crippen LogP contribution in [0.15, 0.2) is 53.5 Å². The van der Waals surface area contributed by atoms with E-state index < -0.39 is 0 Å². The molecule has 0 unspecified atom stereocenters. The number of rotatable bonds is 3. The molecule has 27 heavy (non-hydrogen) atoms. The van der Waals surface area contributed by atoms with Gasteiger partial charge in [0.05, 0.1) is 23.9 Å². The zero-order valence-corrected chi connectivity index (χ0v) is 15.8. The number of benzene rings is 1. The van der Waals surface area contributed by atoms with E-state index in [4.69, 9.17) is 16.3 Å². The van der Waals surface area contributed by atoms with Crippen LogP contribution in [0.5, 0.6) is 0 Å². The smallest absolute Gasteiger partial charge is 0.258 e. The highest BCUT2D eigenvalue weighted by Crippen LogP contribution is 2.23. The lowest BCUT2D eigenvalue weighted by molar-refractivity contribution is 0.122. The van der Waals surface area contributed by atoms with E-state index in [1.54, 1.807) is 6.20 Å². The van der Waals surface area contributed by atoms with Gasteiger partial charge in [-0.15, -0.1) is 0 Å². The minimum absolute atomic E-state index is 0.145. The Kier molecular flexibility index (Phi) is 4.97. The molecule has 138 valence electrons. The van der Waals surface area contributed by atoms with Crippen molar-refractivity contribution in [3.63, 3.8) is 0 Å². The number of fused-ring (bicyclic) bond motifs is 1. The molecule has 5 nitrogen and oxygen atoms in total. The summed E-state index contributed by atoms with van der Waals surface area (Å²) in [5.41, 5.74) is 4.01. The summed E-state index contributed by atoms with van der Waals surface area (Å²) in [6, 6.07) is 13.4. The highest BCUT2D eigenvalue weighted by atomic mass is 35.5. The topological polar surface area (TPSA) is 46.8 Å². The highest BCUT2D eigenvalue weighted by Gasteiger charge is 2.11. The van der Waals surface area contributed by atoms with Gasteiger partial charge in [-0.05, 0) is 42.3 Å². The van der Waals surface area contributed by atoms with E-state index >= 15 is 0 Å². The predicted octanol–water partition coefficient (Wildman–Crippen LogP) is 3.58. The van der Waals surface area contributed by atoms with Crippen LogP contribution in [-0.4, -0.2) is 35.7 Å². The normalized spacial score (nSPS) is 15.3. The highest BCUT2D eigenvalue weighted by molar-refractivity contribution is 6.51. The van der Waals surface area contributed by atoms with Gasteiger partial charge in [-0.25, -0.2) is 4.98 Å². The van der Waals surface area contributed by atoms with Crippen LogP contribution in [0.3, 0.4) is 0 Å². The molecular weight excluding hydrogens is 362 g/mol. The van der Waals surface area contributed by atoms with E-state index in [0.717, 1.165) is 37.4 Å². The molecule has 3 aromatic rings. The van der Waals surface area contributed by atoms with Crippen molar-refractivity contribution in [3.8, 4) is 0 Å². The number of hydrogen-bond donors (Lipinski definition) is 0. The average Bonchev–Trinajstić information content (AvgIpc) is 2.70. The number of halogens is 1. The Morgan fingerprint density at radius 1 is 1.19 bits per heavy atom. The van der Waals surface area contributed by atoms with Crippen LogP contribution in [0.4, 0.5) is 5.69 Å². The number of anilines is 1. The summed E-state index contributed by atoms with van der Waals surface area (Å²) in [5, 5.41) is 0.442. The van der Waals surface area contributed by atoms with E-state index in [2.05, 4.69) is 22.0 Å². The minimum Gasteiger partial charge on any atom is -0.378 e. The van der Waals surface area contributed by atoms with Crippen molar-refractivity contribution in [1.29, 1.82) is 0 Å². The number of ether oxygens (including phenoxy) is 1. The fourth-order valence-corrected chi connectivity index (χ4v) is 3.43. The molecule has 0 saturated carbocycles. The average molecular weight is 382 g/mol. The summed E-state index contributed by atoms with van der Waals surface area (Å²) in [6.45, 7) is 5.25. The number of aromatic nitrogens is 2. The quantitative estimate of drug-likeness (QED) is 0.695. The molecule has 6 heteroatoms. The first kappa shape index (κ1) is 17.8. The lowest BCUT2D eigenvalue weighted by atomic mass is 10.1. The van der Waals surface area contributed by atoms with Crippen molar-refractivity contribution < 1.29 is 4.74 Å². The maximum Gasteiger partial charge on any atom is 0.258 e. The molecule has 2 aromatic heterocycles. The van der Waals surface area contributed by atoms with E-state index in [-0.39, 0.29) is 5.56 Å². The van der Waals surface area contributed by atoms with Gasteiger partial charge in [0.2, 0.25) is 0 Å². The van der Waals surface area contributed by atoms with Crippen molar-refractivity contribution in [2.45, 2.75) is 6.92 Å². The summed E-state index contributed by atoms with van der Waals surface area (Å²) in [6.07, 6.45) is 3.55. The Morgan fingerprint density at radius 3 is 2.67 bits per heavy atom. The van der Waals surface area contributed by atoms with E-state index in [1.165, 1.54) is 16.2 Å². The molecule has 4 rings (SSSR count). The molecule has 1 fully saturated rings. The van der Waals surface area contributed by atoms with Crippen molar-refractivity contribution in [1.82, 2.24) is 9.38 Å². The van der Waals surface area contributed by atoms with Crippen LogP contribution in [0.1, 0.15) is 16.8 Å². The van der Waals surface area contributed by atoms with Gasteiger partial charge in [0, 0.05) is 31.0 Å². The van der Waals surface area contributed by atoms with Crippen LogP contribution >= 0.6 is 11.6 Å². The van der Waals surface area contributed by atoms with E-state index in [9.17, 15) is 4.79 Å². The Bertz CT molecular complexity index is 1050. The molecule has 3 heterocycles. The number of hydrogen-bond acceptors (Lipinski definition) is 4. The largest absolute Gasteiger partial charge is 0.378 e. The fraction of sp³-hybridized carbons (Fsp3) is 0.238. The lowest BCUT2D eigenvalue weighted by Crippen LogP contribution is -2.36. The maximum absolute atomic E-state index is 12.3. The summed E-state index contributed by atoms with van der Waals surface area (Å²) in [5.74, 6) is 0. The molecule has 0 spiro atoms. The molecule has 0 atom stereocenters. The first-order valence-electron chi connectivity index (χ1n) is 8.91. The summed E-state index contributed by atoms with van der Waals surface area (Å²) >= 11 is 6.48. The van der Waals surface area contributed by atoms with Crippen molar-refractivity contribution in [2.24, 2.45) is 0 Å². The summed E-state index contributed by atoms with van der Waals surface area (Å²) < 4.78 is 6.92. The molecule has 0 N–H and O–H groups in total. The van der Waals surface area contributed by atoms with Gasteiger partial charge in [0.25, 0.3) is 5.56 Å². The fourth-order valence-electron chi connectivity index (χ4n) is 3.21. The third kappa shape index (κ3) is 3.75. The Hall–Kier alpha value is -2.63. The zero-order chi connectivity index (χ0) is 18.8. The maximum atomic E-state index is 12.3. The molecule has 0 bridgehead atoms. The molecule has 1 aliphatic heterocycles. The standard InChI is InChI=1S/C21H20ClN3O2/c1-15-3-2-8-25-20(26)14-19(23-21(15)25)18(22)13-16-4-6-17(7-5-16)24-9-11-27-12-10-24/h2-8,13-14H,9-12H2,1H3/b18-13-. The van der Waals surface area contributed by atoms with Crippen LogP contribution in [0.2, 0.25) is 0 Å². The summed E-state index contributed by atoms with van der Waals surface area (Å²) in [4.78, 5) is 19.2. The predicted molar refractivity (Wildman–Crippen MR) is 109 cm³/mol. The second-order valence-electron chi connectivity index (χ2n) is 6.55. The Labute approximate surface area is 162 Å².